The van der Waals surface area contributed by atoms with Crippen LogP contribution in [0.4, 0.5) is 26.3 Å². The number of hydrogen-bond acceptors (Lipinski definition) is 4. The zero-order valence-corrected chi connectivity index (χ0v) is 14.7. The van der Waals surface area contributed by atoms with Gasteiger partial charge in [-0.25, -0.2) is 0 Å². The molecular formula is C15H9F6NO3S2. The first-order valence-electron chi connectivity index (χ1n) is 7.06. The van der Waals surface area contributed by atoms with Crippen molar-refractivity contribution in [2.45, 2.75) is 18.8 Å². The summed E-state index contributed by atoms with van der Waals surface area (Å²) in [5, 5.41) is 8.65. The molecule has 1 heterocycles. The Bertz CT molecular complexity index is 832. The standard InChI is InChI=1S/C15H9F6NO3S2/c16-14(17,18)8-2-1-7(9(6-8)15(19,20)21)5-10-12(25)22(13(26)27-10)4-3-11(23)24/h1-2,5-6H,3-4H2,(H,23,24)/b10-5-. The van der Waals surface area contributed by atoms with Gasteiger partial charge in [0.05, 0.1) is 22.5 Å². The van der Waals surface area contributed by atoms with Crippen LogP contribution in [0.5, 0.6) is 0 Å². The van der Waals surface area contributed by atoms with E-state index in [1.807, 2.05) is 0 Å². The number of benzene rings is 1. The zero-order chi connectivity index (χ0) is 20.6. The van der Waals surface area contributed by atoms with Gasteiger partial charge in [-0.3, -0.25) is 14.5 Å². The smallest absolute Gasteiger partial charge is 0.417 e. The topological polar surface area (TPSA) is 57.6 Å². The lowest BCUT2D eigenvalue weighted by molar-refractivity contribution is -0.143. The summed E-state index contributed by atoms with van der Waals surface area (Å²) in [6, 6.07) is 1.07. The van der Waals surface area contributed by atoms with Crippen molar-refractivity contribution in [3.05, 3.63) is 39.8 Å². The number of rotatable bonds is 4. The van der Waals surface area contributed by atoms with Crippen LogP contribution in [0.3, 0.4) is 0 Å². The molecule has 0 atom stereocenters. The molecule has 0 spiro atoms. The molecule has 2 rings (SSSR count). The van der Waals surface area contributed by atoms with E-state index in [2.05, 4.69) is 0 Å². The number of thioether (sulfide) groups is 1. The van der Waals surface area contributed by atoms with Gasteiger partial charge in [0.15, 0.2) is 0 Å². The van der Waals surface area contributed by atoms with Crippen molar-refractivity contribution in [1.29, 1.82) is 0 Å². The van der Waals surface area contributed by atoms with Gasteiger partial charge in [-0.2, -0.15) is 26.3 Å². The first kappa shape index (κ1) is 21.2. The van der Waals surface area contributed by atoms with Crippen LogP contribution in [0.25, 0.3) is 6.08 Å². The average Bonchev–Trinajstić information content (AvgIpc) is 2.77. The van der Waals surface area contributed by atoms with Gasteiger partial charge in [0.2, 0.25) is 0 Å². The van der Waals surface area contributed by atoms with Gasteiger partial charge >= 0.3 is 18.3 Å². The average molecular weight is 429 g/mol. The van der Waals surface area contributed by atoms with Crippen LogP contribution in [-0.4, -0.2) is 32.7 Å². The van der Waals surface area contributed by atoms with E-state index in [9.17, 15) is 35.9 Å². The molecule has 0 bridgehead atoms. The molecule has 1 aliphatic rings. The van der Waals surface area contributed by atoms with Crippen molar-refractivity contribution in [2.24, 2.45) is 0 Å². The number of halogens is 6. The lowest BCUT2D eigenvalue weighted by atomic mass is 10.0. The van der Waals surface area contributed by atoms with E-state index in [0.29, 0.717) is 23.9 Å². The van der Waals surface area contributed by atoms with Crippen molar-refractivity contribution in [1.82, 2.24) is 4.90 Å². The number of carbonyl (C=O) groups is 2. The van der Waals surface area contributed by atoms with Gasteiger partial charge in [0.1, 0.15) is 4.32 Å². The third-order valence-corrected chi connectivity index (χ3v) is 4.77. The molecular weight excluding hydrogens is 420 g/mol. The van der Waals surface area contributed by atoms with Crippen LogP contribution in [0.1, 0.15) is 23.1 Å². The van der Waals surface area contributed by atoms with E-state index in [1.54, 1.807) is 0 Å². The van der Waals surface area contributed by atoms with Crippen LogP contribution in [0, 0.1) is 0 Å². The molecule has 1 aromatic rings. The van der Waals surface area contributed by atoms with Gasteiger partial charge in [-0.05, 0) is 23.8 Å². The summed E-state index contributed by atoms with van der Waals surface area (Å²) in [6.45, 7) is -0.267. The minimum Gasteiger partial charge on any atom is -0.481 e. The van der Waals surface area contributed by atoms with Crippen molar-refractivity contribution in [2.75, 3.05) is 6.54 Å². The highest BCUT2D eigenvalue weighted by atomic mass is 32.2. The molecule has 1 amide bonds. The molecule has 12 heteroatoms. The molecule has 0 aromatic heterocycles. The quantitative estimate of drug-likeness (QED) is 0.437. The van der Waals surface area contributed by atoms with Gasteiger partial charge < -0.3 is 5.11 Å². The molecule has 1 saturated heterocycles. The second-order valence-corrected chi connectivity index (χ2v) is 6.95. The normalized spacial score (nSPS) is 17.1. The maximum atomic E-state index is 13.2. The van der Waals surface area contributed by atoms with Crippen LogP contribution < -0.4 is 0 Å². The Kier molecular flexibility index (Phi) is 5.90. The summed E-state index contributed by atoms with van der Waals surface area (Å²) in [7, 11) is 0. The number of carboxylic acid groups (broad SMARTS) is 1. The second-order valence-electron chi connectivity index (χ2n) is 5.27. The minimum absolute atomic E-state index is 0.0307. The van der Waals surface area contributed by atoms with E-state index in [4.69, 9.17) is 17.3 Å². The fourth-order valence-corrected chi connectivity index (χ4v) is 3.44. The van der Waals surface area contributed by atoms with Crippen molar-refractivity contribution in [3.8, 4) is 0 Å². The highest BCUT2D eigenvalue weighted by molar-refractivity contribution is 8.26. The number of nitrogens with zero attached hydrogens (tertiary/aromatic N) is 1. The third kappa shape index (κ3) is 5.01. The van der Waals surface area contributed by atoms with Gasteiger partial charge in [-0.1, -0.05) is 30.0 Å². The number of carbonyl (C=O) groups excluding carboxylic acids is 1. The third-order valence-electron chi connectivity index (χ3n) is 3.40. The fraction of sp³-hybridized carbons (Fsp3) is 0.267. The predicted octanol–water partition coefficient (Wildman–Crippen LogP) is 4.40. The van der Waals surface area contributed by atoms with Crippen LogP contribution >= 0.6 is 24.0 Å². The number of hydrogen-bond donors (Lipinski definition) is 1. The maximum absolute atomic E-state index is 13.2. The molecule has 0 saturated carbocycles. The van der Waals surface area contributed by atoms with Crippen LogP contribution in [0.15, 0.2) is 23.1 Å². The summed E-state index contributed by atoms with van der Waals surface area (Å²) in [4.78, 5) is 23.5. The number of alkyl halides is 6. The Morgan fingerprint density at radius 2 is 1.81 bits per heavy atom. The monoisotopic (exact) mass is 429 g/mol. The maximum Gasteiger partial charge on any atom is 0.417 e. The highest BCUT2D eigenvalue weighted by Crippen LogP contribution is 2.40. The lowest BCUT2D eigenvalue weighted by Crippen LogP contribution is -2.30. The molecule has 4 nitrogen and oxygen atoms in total. The Morgan fingerprint density at radius 3 is 2.33 bits per heavy atom. The van der Waals surface area contributed by atoms with Gasteiger partial charge in [0, 0.05) is 6.54 Å². The van der Waals surface area contributed by atoms with E-state index in [0.717, 1.165) is 11.0 Å². The number of aliphatic carboxylic acids is 1. The first-order chi connectivity index (χ1) is 12.3. The highest BCUT2D eigenvalue weighted by Gasteiger charge is 2.39. The molecule has 27 heavy (non-hydrogen) atoms. The van der Waals surface area contributed by atoms with Crippen molar-refractivity contribution >= 4 is 46.3 Å². The number of amides is 1. The van der Waals surface area contributed by atoms with E-state index >= 15 is 0 Å². The molecule has 1 aromatic carbocycles. The second kappa shape index (κ2) is 7.50. The molecule has 1 aliphatic heterocycles. The molecule has 0 aliphatic carbocycles. The Morgan fingerprint density at radius 1 is 1.19 bits per heavy atom. The number of thiocarbonyl (C=S) groups is 1. The van der Waals surface area contributed by atoms with Crippen molar-refractivity contribution in [3.63, 3.8) is 0 Å². The van der Waals surface area contributed by atoms with Crippen LogP contribution in [0.2, 0.25) is 0 Å². The van der Waals surface area contributed by atoms with E-state index in [-0.39, 0.29) is 21.8 Å². The summed E-state index contributed by atoms with van der Waals surface area (Å²) in [5.74, 6) is -2.01. The SMILES string of the molecule is O=C(O)CCN1C(=O)/C(=C/c2ccc(C(F)(F)F)cc2C(F)(F)F)SC1=S. The summed E-state index contributed by atoms with van der Waals surface area (Å²) >= 11 is 5.55. The number of carboxylic acids is 1. The van der Waals surface area contributed by atoms with Crippen molar-refractivity contribution < 1.29 is 41.0 Å². The van der Waals surface area contributed by atoms with Crippen LogP contribution in [-0.2, 0) is 21.9 Å². The van der Waals surface area contributed by atoms with E-state index in [1.165, 1.54) is 0 Å². The Labute approximate surface area is 157 Å². The summed E-state index contributed by atoms with van der Waals surface area (Å²) in [6.07, 6.45) is -9.67. The fourth-order valence-electron chi connectivity index (χ4n) is 2.15. The lowest BCUT2D eigenvalue weighted by Gasteiger charge is -2.14. The summed E-state index contributed by atoms with van der Waals surface area (Å²) in [5.41, 5.74) is -3.65. The van der Waals surface area contributed by atoms with Gasteiger partial charge in [-0.15, -0.1) is 0 Å². The minimum atomic E-state index is -5.08. The first-order valence-corrected chi connectivity index (χ1v) is 8.29. The molecule has 146 valence electrons. The Balaban J connectivity index is 2.42. The summed E-state index contributed by atoms with van der Waals surface area (Å²) < 4.78 is 77.5. The molecule has 0 radical (unpaired) electrons. The van der Waals surface area contributed by atoms with Gasteiger partial charge in [0.25, 0.3) is 5.91 Å². The zero-order valence-electron chi connectivity index (χ0n) is 13.0. The largest absolute Gasteiger partial charge is 0.481 e. The molecule has 0 unspecified atom stereocenters. The molecule has 1 N–H and O–H groups in total. The Hall–Kier alpha value is -2.08. The predicted molar refractivity (Wildman–Crippen MR) is 88.6 cm³/mol. The van der Waals surface area contributed by atoms with E-state index < -0.39 is 47.3 Å². The molecule has 1 fully saturated rings.